The zero-order chi connectivity index (χ0) is 32.8. The summed E-state index contributed by atoms with van der Waals surface area (Å²) >= 11 is 11.4. The molecule has 1 aromatic heterocycles. The van der Waals surface area contributed by atoms with Gasteiger partial charge >= 0.3 is 5.97 Å². The van der Waals surface area contributed by atoms with Crippen molar-refractivity contribution < 1.29 is 19.0 Å². The lowest BCUT2D eigenvalue weighted by Crippen LogP contribution is -2.29. The van der Waals surface area contributed by atoms with E-state index in [4.69, 9.17) is 35.9 Å². The molecule has 4 aromatic carbocycles. The maximum Gasteiger partial charge on any atom is 0.338 e. The molecule has 1 aliphatic rings. The highest BCUT2D eigenvalue weighted by atomic mass is 79.9. The molecule has 0 radical (unpaired) electrons. The minimum Gasteiger partial charge on any atom is -0.490 e. The second-order valence-corrected chi connectivity index (χ2v) is 13.0. The summed E-state index contributed by atoms with van der Waals surface area (Å²) < 4.78 is 20.8. The standard InChI is InChI=1S/C36H32BrClN4O4S/c1-3-44-31-19-26(16-17-30(31)45-21-25-12-9-14-28(37)18-25)33-32(34(43)46-20-24-10-5-4-6-11-24)23(2)39-35-40-36(41-42(33)35)47-22-27-13-7-8-15-29(27)38/h4-19,33H,3,20-22H2,1-2H3,(H,39,40,41). The number of rotatable bonds is 12. The van der Waals surface area contributed by atoms with Crippen molar-refractivity contribution in [3.63, 3.8) is 0 Å². The van der Waals surface area contributed by atoms with Crippen LogP contribution in [0.1, 0.15) is 42.1 Å². The quantitative estimate of drug-likeness (QED) is 0.101. The van der Waals surface area contributed by atoms with Gasteiger partial charge in [-0.3, -0.25) is 0 Å². The molecule has 2 heterocycles. The smallest absolute Gasteiger partial charge is 0.338 e. The number of carbonyl (C=O) groups is 1. The summed E-state index contributed by atoms with van der Waals surface area (Å²) in [6, 6.07) is 30.3. The summed E-state index contributed by atoms with van der Waals surface area (Å²) in [6.45, 7) is 4.70. The molecule has 1 unspecified atom stereocenters. The highest BCUT2D eigenvalue weighted by Crippen LogP contribution is 2.40. The summed E-state index contributed by atoms with van der Waals surface area (Å²) in [4.78, 5) is 18.6. The molecule has 0 saturated heterocycles. The van der Waals surface area contributed by atoms with Crippen molar-refractivity contribution in [1.29, 1.82) is 0 Å². The van der Waals surface area contributed by atoms with Crippen LogP contribution in [-0.4, -0.2) is 27.3 Å². The molecular weight excluding hydrogens is 700 g/mol. The molecule has 1 N–H and O–H groups in total. The molecular formula is C36H32BrClN4O4S. The monoisotopic (exact) mass is 730 g/mol. The molecule has 1 atom stereocenters. The Labute approximate surface area is 291 Å². The largest absolute Gasteiger partial charge is 0.490 e. The number of esters is 1. The minimum atomic E-state index is -0.643. The fourth-order valence-electron chi connectivity index (χ4n) is 5.19. The first-order valence-corrected chi connectivity index (χ1v) is 17.2. The first kappa shape index (κ1) is 32.7. The van der Waals surface area contributed by atoms with Crippen LogP contribution in [0.5, 0.6) is 11.5 Å². The number of fused-ring (bicyclic) bond motifs is 1. The van der Waals surface area contributed by atoms with Crippen LogP contribution in [-0.2, 0) is 28.5 Å². The number of halogens is 2. The zero-order valence-corrected chi connectivity index (χ0v) is 28.9. The fourth-order valence-corrected chi connectivity index (χ4v) is 6.76. The summed E-state index contributed by atoms with van der Waals surface area (Å²) in [7, 11) is 0. The molecule has 0 spiro atoms. The van der Waals surface area contributed by atoms with Crippen LogP contribution in [0, 0.1) is 0 Å². The molecule has 6 rings (SSSR count). The van der Waals surface area contributed by atoms with Crippen molar-refractivity contribution >= 4 is 51.2 Å². The van der Waals surface area contributed by atoms with Crippen LogP contribution < -0.4 is 14.8 Å². The van der Waals surface area contributed by atoms with Gasteiger partial charge in [0.2, 0.25) is 11.1 Å². The second-order valence-electron chi connectivity index (χ2n) is 10.7. The first-order chi connectivity index (χ1) is 22.9. The third kappa shape index (κ3) is 7.84. The van der Waals surface area contributed by atoms with Gasteiger partial charge in [-0.2, -0.15) is 4.98 Å². The SMILES string of the molecule is CCOc1cc(C2C(C(=O)OCc3ccccc3)=C(C)Nc3nc(SCc4ccccc4Cl)nn32)ccc1OCc1cccc(Br)c1. The van der Waals surface area contributed by atoms with Gasteiger partial charge < -0.3 is 19.5 Å². The Bertz CT molecular complexity index is 1920. The van der Waals surface area contributed by atoms with Crippen LogP contribution in [0.25, 0.3) is 0 Å². The van der Waals surface area contributed by atoms with Crippen molar-refractivity contribution in [1.82, 2.24) is 14.8 Å². The number of nitrogens with one attached hydrogen (secondary N) is 1. The molecule has 240 valence electrons. The molecule has 0 fully saturated rings. The lowest BCUT2D eigenvalue weighted by atomic mass is 9.95. The van der Waals surface area contributed by atoms with Gasteiger partial charge in [-0.05, 0) is 66.4 Å². The van der Waals surface area contributed by atoms with Crippen molar-refractivity contribution in [2.45, 2.75) is 44.0 Å². The number of aromatic nitrogens is 3. The lowest BCUT2D eigenvalue weighted by Gasteiger charge is -2.28. The first-order valence-electron chi connectivity index (χ1n) is 15.0. The van der Waals surface area contributed by atoms with Gasteiger partial charge in [-0.15, -0.1) is 5.10 Å². The van der Waals surface area contributed by atoms with Gasteiger partial charge in [0.1, 0.15) is 19.3 Å². The Hall–Kier alpha value is -4.25. The fraction of sp³-hybridized carbons (Fsp3) is 0.194. The maximum atomic E-state index is 13.8. The van der Waals surface area contributed by atoms with E-state index in [1.54, 1.807) is 4.68 Å². The van der Waals surface area contributed by atoms with E-state index in [2.05, 4.69) is 21.2 Å². The summed E-state index contributed by atoms with van der Waals surface area (Å²) in [5.74, 6) is 1.80. The maximum absolute atomic E-state index is 13.8. The molecule has 0 aliphatic carbocycles. The van der Waals surface area contributed by atoms with Crippen LogP contribution >= 0.6 is 39.3 Å². The molecule has 47 heavy (non-hydrogen) atoms. The average molecular weight is 732 g/mol. The van der Waals surface area contributed by atoms with Crippen molar-refractivity contribution in [2.24, 2.45) is 0 Å². The van der Waals surface area contributed by atoms with Crippen LogP contribution in [0.2, 0.25) is 5.02 Å². The van der Waals surface area contributed by atoms with Gasteiger partial charge in [0, 0.05) is 20.9 Å². The van der Waals surface area contributed by atoms with Crippen molar-refractivity contribution in [2.75, 3.05) is 11.9 Å². The molecule has 5 aromatic rings. The summed E-state index contributed by atoms with van der Waals surface area (Å²) in [5, 5.41) is 9.38. The molecule has 8 nitrogen and oxygen atoms in total. The van der Waals surface area contributed by atoms with Crippen LogP contribution in [0.15, 0.2) is 118 Å². The van der Waals surface area contributed by atoms with E-state index in [0.717, 1.165) is 26.7 Å². The Kier molecular flexibility index (Phi) is 10.5. The average Bonchev–Trinajstić information content (AvgIpc) is 3.48. The number of allylic oxidation sites excluding steroid dienone is 1. The van der Waals surface area contributed by atoms with E-state index in [-0.39, 0.29) is 6.61 Å². The predicted octanol–water partition coefficient (Wildman–Crippen LogP) is 9.00. The number of carbonyl (C=O) groups excluding carboxylic acids is 1. The number of hydrogen-bond donors (Lipinski definition) is 1. The highest BCUT2D eigenvalue weighted by molar-refractivity contribution is 9.10. The Morgan fingerprint density at radius 2 is 1.72 bits per heavy atom. The van der Waals surface area contributed by atoms with Gasteiger partial charge in [0.15, 0.2) is 11.5 Å². The van der Waals surface area contributed by atoms with E-state index in [0.29, 0.717) is 57.9 Å². The number of anilines is 1. The van der Waals surface area contributed by atoms with Crippen LogP contribution in [0.3, 0.4) is 0 Å². The van der Waals surface area contributed by atoms with Crippen LogP contribution in [0.4, 0.5) is 5.95 Å². The molecule has 11 heteroatoms. The van der Waals surface area contributed by atoms with Gasteiger partial charge in [-0.1, -0.05) is 106 Å². The van der Waals surface area contributed by atoms with E-state index in [1.165, 1.54) is 11.8 Å². The van der Waals surface area contributed by atoms with E-state index >= 15 is 0 Å². The van der Waals surface area contributed by atoms with Crippen molar-refractivity contribution in [3.05, 3.63) is 140 Å². The minimum absolute atomic E-state index is 0.138. The Morgan fingerprint density at radius 3 is 2.51 bits per heavy atom. The number of thioether (sulfide) groups is 1. The number of hydrogen-bond acceptors (Lipinski definition) is 8. The summed E-state index contributed by atoms with van der Waals surface area (Å²) in [6.07, 6.45) is 0. The van der Waals surface area contributed by atoms with Gasteiger partial charge in [0.05, 0.1) is 12.2 Å². The van der Waals surface area contributed by atoms with E-state index in [9.17, 15) is 4.79 Å². The lowest BCUT2D eigenvalue weighted by molar-refractivity contribution is -0.140. The third-order valence-electron chi connectivity index (χ3n) is 7.45. The van der Waals surface area contributed by atoms with Crippen molar-refractivity contribution in [3.8, 4) is 11.5 Å². The predicted molar refractivity (Wildman–Crippen MR) is 188 cm³/mol. The number of ether oxygens (including phenoxy) is 3. The Balaban J connectivity index is 1.33. The third-order valence-corrected chi connectivity index (χ3v) is 9.20. The molecule has 0 saturated carbocycles. The highest BCUT2D eigenvalue weighted by Gasteiger charge is 2.36. The topological polar surface area (TPSA) is 87.5 Å². The second kappa shape index (κ2) is 15.1. The van der Waals surface area contributed by atoms with Gasteiger partial charge in [0.25, 0.3) is 0 Å². The molecule has 0 amide bonds. The number of nitrogens with zero attached hydrogens (tertiary/aromatic N) is 3. The molecule has 0 bridgehead atoms. The Morgan fingerprint density at radius 1 is 0.936 bits per heavy atom. The normalized spacial score (nSPS) is 13.9. The van der Waals surface area contributed by atoms with E-state index < -0.39 is 12.0 Å². The van der Waals surface area contributed by atoms with E-state index in [1.807, 2.05) is 111 Å². The zero-order valence-electron chi connectivity index (χ0n) is 25.8. The molecule has 1 aliphatic heterocycles. The number of benzene rings is 4. The van der Waals surface area contributed by atoms with Gasteiger partial charge in [-0.25, -0.2) is 9.48 Å². The summed E-state index contributed by atoms with van der Waals surface area (Å²) in [5.41, 5.74) is 4.71.